The van der Waals surface area contributed by atoms with Crippen molar-refractivity contribution < 1.29 is 4.79 Å². The number of hydrogen-bond donors (Lipinski definition) is 1. The molecule has 2 aromatic carbocycles. The highest BCUT2D eigenvalue weighted by molar-refractivity contribution is 7.99. The highest BCUT2D eigenvalue weighted by atomic mass is 32.2. The molecular formula is C20H20N4OS. The van der Waals surface area contributed by atoms with Gasteiger partial charge in [-0.1, -0.05) is 47.7 Å². The van der Waals surface area contributed by atoms with Crippen molar-refractivity contribution in [1.82, 2.24) is 14.8 Å². The van der Waals surface area contributed by atoms with Gasteiger partial charge in [-0.05, 0) is 44.0 Å². The lowest BCUT2D eigenvalue weighted by Gasteiger charge is -2.10. The smallest absolute Gasteiger partial charge is 0.234 e. The predicted octanol–water partition coefficient (Wildman–Crippen LogP) is 4.18. The van der Waals surface area contributed by atoms with Crippen LogP contribution in [0.4, 0.5) is 5.69 Å². The van der Waals surface area contributed by atoms with Gasteiger partial charge in [0, 0.05) is 17.3 Å². The van der Waals surface area contributed by atoms with Crippen LogP contribution in [0.5, 0.6) is 0 Å². The molecule has 0 saturated heterocycles. The van der Waals surface area contributed by atoms with Gasteiger partial charge in [0.15, 0.2) is 5.16 Å². The molecule has 0 spiro atoms. The third kappa shape index (κ3) is 3.80. The van der Waals surface area contributed by atoms with Crippen LogP contribution in [0.1, 0.15) is 30.1 Å². The number of aromatic nitrogens is 3. The first-order chi connectivity index (χ1) is 12.7. The van der Waals surface area contributed by atoms with Gasteiger partial charge in [-0.25, -0.2) is 0 Å². The lowest BCUT2D eigenvalue weighted by molar-refractivity contribution is -0.113. The Hall–Kier alpha value is -2.60. The minimum absolute atomic E-state index is 0.0468. The van der Waals surface area contributed by atoms with Crippen LogP contribution in [-0.2, 0) is 4.79 Å². The van der Waals surface area contributed by atoms with Crippen molar-refractivity contribution >= 4 is 23.4 Å². The van der Waals surface area contributed by atoms with Crippen molar-refractivity contribution in [3.8, 4) is 5.69 Å². The molecule has 0 bridgehead atoms. The van der Waals surface area contributed by atoms with Gasteiger partial charge in [0.1, 0.15) is 5.82 Å². The van der Waals surface area contributed by atoms with Crippen LogP contribution in [0.15, 0.2) is 59.8 Å². The van der Waals surface area contributed by atoms with E-state index in [9.17, 15) is 4.79 Å². The summed E-state index contributed by atoms with van der Waals surface area (Å²) in [5, 5.41) is 12.4. The maximum absolute atomic E-state index is 12.3. The van der Waals surface area contributed by atoms with Gasteiger partial charge in [0.25, 0.3) is 0 Å². The Kier molecular flexibility index (Phi) is 4.75. The number of amides is 1. The van der Waals surface area contributed by atoms with Gasteiger partial charge in [-0.2, -0.15) is 0 Å². The van der Waals surface area contributed by atoms with Crippen LogP contribution in [0.25, 0.3) is 5.69 Å². The highest BCUT2D eigenvalue weighted by Gasteiger charge is 2.31. The average Bonchev–Trinajstić information content (AvgIpc) is 3.42. The zero-order chi connectivity index (χ0) is 17.9. The lowest BCUT2D eigenvalue weighted by Crippen LogP contribution is -2.14. The first-order valence-electron chi connectivity index (χ1n) is 8.71. The Morgan fingerprint density at radius 3 is 2.54 bits per heavy atom. The van der Waals surface area contributed by atoms with Crippen molar-refractivity contribution in [2.75, 3.05) is 11.1 Å². The molecule has 1 aliphatic carbocycles. The number of para-hydroxylation sites is 1. The Labute approximate surface area is 156 Å². The van der Waals surface area contributed by atoms with Gasteiger partial charge >= 0.3 is 0 Å². The van der Waals surface area contributed by atoms with Crippen LogP contribution in [-0.4, -0.2) is 26.4 Å². The van der Waals surface area contributed by atoms with Crippen molar-refractivity contribution in [3.63, 3.8) is 0 Å². The first-order valence-corrected chi connectivity index (χ1v) is 9.69. The molecule has 132 valence electrons. The number of hydrogen-bond acceptors (Lipinski definition) is 4. The molecular weight excluding hydrogens is 344 g/mol. The van der Waals surface area contributed by atoms with E-state index < -0.39 is 0 Å². The molecule has 1 saturated carbocycles. The second-order valence-corrected chi connectivity index (χ2v) is 7.43. The molecule has 0 atom stereocenters. The second-order valence-electron chi connectivity index (χ2n) is 6.49. The molecule has 5 nitrogen and oxygen atoms in total. The molecule has 1 amide bonds. The molecule has 1 aromatic heterocycles. The van der Waals surface area contributed by atoms with Crippen LogP contribution in [0.3, 0.4) is 0 Å². The van der Waals surface area contributed by atoms with Gasteiger partial charge < -0.3 is 5.32 Å². The number of nitrogens with zero attached hydrogens (tertiary/aromatic N) is 3. The van der Waals surface area contributed by atoms with E-state index in [2.05, 4.69) is 20.1 Å². The third-order valence-corrected chi connectivity index (χ3v) is 5.21. The van der Waals surface area contributed by atoms with Crippen molar-refractivity contribution in [2.45, 2.75) is 30.8 Å². The van der Waals surface area contributed by atoms with E-state index in [0.717, 1.165) is 35.2 Å². The van der Waals surface area contributed by atoms with Crippen LogP contribution < -0.4 is 5.32 Å². The normalized spacial score (nSPS) is 13.6. The number of carbonyl (C=O) groups is 1. The topological polar surface area (TPSA) is 59.8 Å². The zero-order valence-electron chi connectivity index (χ0n) is 14.6. The molecule has 1 aliphatic rings. The van der Waals surface area contributed by atoms with E-state index in [1.165, 1.54) is 17.3 Å². The van der Waals surface area contributed by atoms with Crippen LogP contribution in [0, 0.1) is 6.92 Å². The molecule has 3 aromatic rings. The summed E-state index contributed by atoms with van der Waals surface area (Å²) in [7, 11) is 0. The molecule has 6 heteroatoms. The second kappa shape index (κ2) is 7.33. The van der Waals surface area contributed by atoms with Gasteiger partial charge in [-0.3, -0.25) is 9.36 Å². The SMILES string of the molecule is Cc1ccc(NC(=O)CSc2nnc(C3CC3)n2-c2ccccc2)cc1. The summed E-state index contributed by atoms with van der Waals surface area (Å²) in [6, 6.07) is 17.9. The number of thioether (sulfide) groups is 1. The van der Waals surface area contributed by atoms with Crippen LogP contribution >= 0.6 is 11.8 Å². The number of carbonyl (C=O) groups excluding carboxylic acids is 1. The number of nitrogens with one attached hydrogen (secondary N) is 1. The van der Waals surface area contributed by atoms with E-state index in [4.69, 9.17) is 0 Å². The summed E-state index contributed by atoms with van der Waals surface area (Å²) in [5.74, 6) is 1.73. The predicted molar refractivity (Wildman–Crippen MR) is 104 cm³/mol. The average molecular weight is 364 g/mol. The Balaban J connectivity index is 1.48. The summed E-state index contributed by atoms with van der Waals surface area (Å²) >= 11 is 1.42. The fraction of sp³-hybridized carbons (Fsp3) is 0.250. The summed E-state index contributed by atoms with van der Waals surface area (Å²) < 4.78 is 2.08. The van der Waals surface area contributed by atoms with Crippen molar-refractivity contribution in [1.29, 1.82) is 0 Å². The number of benzene rings is 2. The standard InChI is InChI=1S/C20H20N4OS/c1-14-7-11-16(12-8-14)21-18(25)13-26-20-23-22-19(15-9-10-15)24(20)17-5-3-2-4-6-17/h2-8,11-12,15H,9-10,13H2,1H3,(H,21,25). The highest BCUT2D eigenvalue weighted by Crippen LogP contribution is 2.41. The van der Waals surface area contributed by atoms with Crippen LogP contribution in [0.2, 0.25) is 0 Å². The minimum Gasteiger partial charge on any atom is -0.325 e. The molecule has 0 radical (unpaired) electrons. The summed E-state index contributed by atoms with van der Waals surface area (Å²) in [6.07, 6.45) is 2.31. The fourth-order valence-electron chi connectivity index (χ4n) is 2.76. The quantitative estimate of drug-likeness (QED) is 0.667. The number of anilines is 1. The molecule has 4 rings (SSSR count). The van der Waals surface area contributed by atoms with Crippen molar-refractivity contribution in [3.05, 3.63) is 66.0 Å². The van der Waals surface area contributed by atoms with E-state index in [1.54, 1.807) is 0 Å². The van der Waals surface area contributed by atoms with Gasteiger partial charge in [0.2, 0.25) is 5.91 Å². The van der Waals surface area contributed by atoms with Gasteiger partial charge in [0.05, 0.1) is 5.75 Å². The monoisotopic (exact) mass is 364 g/mol. The largest absolute Gasteiger partial charge is 0.325 e. The molecule has 0 unspecified atom stereocenters. The lowest BCUT2D eigenvalue weighted by atomic mass is 10.2. The maximum Gasteiger partial charge on any atom is 0.234 e. The Bertz CT molecular complexity index is 901. The molecule has 0 aliphatic heterocycles. The molecule has 1 fully saturated rings. The maximum atomic E-state index is 12.3. The van der Waals surface area contributed by atoms with E-state index in [-0.39, 0.29) is 5.91 Å². The Morgan fingerprint density at radius 1 is 1.12 bits per heavy atom. The first kappa shape index (κ1) is 16.8. The van der Waals surface area contributed by atoms with Gasteiger partial charge in [-0.15, -0.1) is 10.2 Å². The zero-order valence-corrected chi connectivity index (χ0v) is 15.4. The van der Waals surface area contributed by atoms with E-state index in [0.29, 0.717) is 11.7 Å². The molecule has 1 N–H and O–H groups in total. The minimum atomic E-state index is -0.0468. The fourth-order valence-corrected chi connectivity index (χ4v) is 3.52. The summed E-state index contributed by atoms with van der Waals surface area (Å²) in [5.41, 5.74) is 3.02. The number of rotatable bonds is 6. The molecule has 1 heterocycles. The van der Waals surface area contributed by atoms with E-state index >= 15 is 0 Å². The third-order valence-electron chi connectivity index (χ3n) is 4.28. The summed E-state index contributed by atoms with van der Waals surface area (Å²) in [4.78, 5) is 12.3. The summed E-state index contributed by atoms with van der Waals surface area (Å²) in [6.45, 7) is 2.02. The van der Waals surface area contributed by atoms with E-state index in [1.807, 2.05) is 61.5 Å². The molecule has 26 heavy (non-hydrogen) atoms. The Morgan fingerprint density at radius 2 is 1.85 bits per heavy atom. The number of aryl methyl sites for hydroxylation is 1. The van der Waals surface area contributed by atoms with Crippen molar-refractivity contribution in [2.24, 2.45) is 0 Å².